The highest BCUT2D eigenvalue weighted by atomic mass is 16.3. The number of carbonyl (C=O) groups excluding carboxylic acids is 1. The van der Waals surface area contributed by atoms with Crippen LogP contribution >= 0.6 is 0 Å². The van der Waals surface area contributed by atoms with Gasteiger partial charge in [0.25, 0.3) is 0 Å². The maximum absolute atomic E-state index is 12.1. The first kappa shape index (κ1) is 14.3. The monoisotopic (exact) mass is 248 g/mol. The highest BCUT2D eigenvalue weighted by molar-refractivity contribution is 5.76. The topological polar surface area (TPSA) is 57.2 Å². The molecule has 0 radical (unpaired) electrons. The van der Waals surface area contributed by atoms with E-state index in [-0.39, 0.29) is 5.91 Å². The van der Waals surface area contributed by atoms with Crippen LogP contribution in [0.5, 0.6) is 0 Å². The number of hydrogen-bond acceptors (Lipinski definition) is 3. The predicted octanol–water partition coefficient (Wildman–Crippen LogP) is 2.61. The molecule has 1 heterocycles. The summed E-state index contributed by atoms with van der Waals surface area (Å²) in [6.45, 7) is 5.36. The molecule has 0 aliphatic heterocycles. The molecule has 4 nitrogen and oxygen atoms in total. The number of furan rings is 1. The second kappa shape index (κ2) is 7.54. The molecule has 0 fully saturated rings. The molecule has 18 heavy (non-hydrogen) atoms. The van der Waals surface area contributed by atoms with Crippen molar-refractivity contribution in [2.75, 3.05) is 13.1 Å². The minimum atomic E-state index is 0.0929. The lowest BCUT2D eigenvalue weighted by atomic mass is 10.1. The third kappa shape index (κ3) is 5.05. The number of rotatable bonds is 7. The van der Waals surface area contributed by atoms with Crippen molar-refractivity contribution in [3.8, 4) is 6.07 Å². The van der Waals surface area contributed by atoms with Crippen LogP contribution in [0.3, 0.4) is 0 Å². The molecular formula is C14H20N2O2. The van der Waals surface area contributed by atoms with Gasteiger partial charge in [-0.1, -0.05) is 13.8 Å². The quantitative estimate of drug-likeness (QED) is 0.745. The highest BCUT2D eigenvalue weighted by Crippen LogP contribution is 2.08. The van der Waals surface area contributed by atoms with E-state index in [1.165, 1.54) is 0 Å². The standard InChI is InChI=1S/C14H20N2O2/c1-12(2)11-16(9-4-8-15)14(17)7-6-13-5-3-10-18-13/h3,5,10,12H,4,6-7,9,11H2,1-2H3. The smallest absolute Gasteiger partial charge is 0.223 e. The molecule has 0 aliphatic rings. The zero-order chi connectivity index (χ0) is 13.4. The number of carbonyl (C=O) groups is 1. The van der Waals surface area contributed by atoms with Gasteiger partial charge in [-0.05, 0) is 18.1 Å². The lowest BCUT2D eigenvalue weighted by Gasteiger charge is -2.23. The fourth-order valence-corrected chi connectivity index (χ4v) is 1.79. The lowest BCUT2D eigenvalue weighted by Crippen LogP contribution is -2.35. The van der Waals surface area contributed by atoms with E-state index in [1.54, 1.807) is 11.2 Å². The van der Waals surface area contributed by atoms with E-state index in [9.17, 15) is 4.79 Å². The Morgan fingerprint density at radius 3 is 2.89 bits per heavy atom. The molecule has 1 aromatic rings. The Morgan fingerprint density at radius 1 is 1.56 bits per heavy atom. The summed E-state index contributed by atoms with van der Waals surface area (Å²) in [4.78, 5) is 13.8. The Morgan fingerprint density at radius 2 is 2.33 bits per heavy atom. The average molecular weight is 248 g/mol. The number of nitriles is 1. The van der Waals surface area contributed by atoms with Crippen LogP contribution < -0.4 is 0 Å². The van der Waals surface area contributed by atoms with E-state index < -0.39 is 0 Å². The molecular weight excluding hydrogens is 228 g/mol. The zero-order valence-corrected chi connectivity index (χ0v) is 11.1. The molecule has 0 unspecified atom stereocenters. The van der Waals surface area contributed by atoms with Crippen LogP contribution in [0.15, 0.2) is 22.8 Å². The van der Waals surface area contributed by atoms with Crippen LogP contribution in [-0.4, -0.2) is 23.9 Å². The molecule has 1 rings (SSSR count). The van der Waals surface area contributed by atoms with Gasteiger partial charge in [0.2, 0.25) is 5.91 Å². The minimum absolute atomic E-state index is 0.0929. The molecule has 4 heteroatoms. The van der Waals surface area contributed by atoms with Gasteiger partial charge >= 0.3 is 0 Å². The van der Waals surface area contributed by atoms with Gasteiger partial charge < -0.3 is 9.32 Å². The molecule has 0 spiro atoms. The zero-order valence-electron chi connectivity index (χ0n) is 11.1. The summed E-state index contributed by atoms with van der Waals surface area (Å²) >= 11 is 0. The van der Waals surface area contributed by atoms with Gasteiger partial charge in [-0.2, -0.15) is 5.26 Å². The van der Waals surface area contributed by atoms with Crippen LogP contribution in [0, 0.1) is 17.2 Å². The van der Waals surface area contributed by atoms with E-state index in [2.05, 4.69) is 19.9 Å². The third-order valence-corrected chi connectivity index (χ3v) is 2.60. The lowest BCUT2D eigenvalue weighted by molar-refractivity contribution is -0.131. The summed E-state index contributed by atoms with van der Waals surface area (Å²) in [6.07, 6.45) is 3.05. The first-order valence-electron chi connectivity index (χ1n) is 6.30. The van der Waals surface area contributed by atoms with Crippen molar-refractivity contribution in [1.82, 2.24) is 4.90 Å². The Hall–Kier alpha value is -1.76. The summed E-state index contributed by atoms with van der Waals surface area (Å²) in [5.74, 6) is 1.33. The molecule has 0 N–H and O–H groups in total. The number of amides is 1. The van der Waals surface area contributed by atoms with E-state index in [1.807, 2.05) is 12.1 Å². The molecule has 0 bridgehead atoms. The summed E-state index contributed by atoms with van der Waals surface area (Å²) in [7, 11) is 0. The molecule has 0 saturated carbocycles. The second-order valence-electron chi connectivity index (χ2n) is 4.72. The molecule has 0 saturated heterocycles. The summed E-state index contributed by atoms with van der Waals surface area (Å²) in [6, 6.07) is 5.77. The van der Waals surface area contributed by atoms with Crippen LogP contribution in [-0.2, 0) is 11.2 Å². The molecule has 1 aromatic heterocycles. The fourth-order valence-electron chi connectivity index (χ4n) is 1.79. The first-order chi connectivity index (χ1) is 8.63. The molecule has 1 amide bonds. The van der Waals surface area contributed by atoms with Gasteiger partial charge in [0.1, 0.15) is 5.76 Å². The average Bonchev–Trinajstić information content (AvgIpc) is 2.84. The SMILES string of the molecule is CC(C)CN(CCC#N)C(=O)CCc1ccco1. The van der Waals surface area contributed by atoms with Crippen molar-refractivity contribution in [2.24, 2.45) is 5.92 Å². The van der Waals surface area contributed by atoms with Gasteiger partial charge in [-0.15, -0.1) is 0 Å². The van der Waals surface area contributed by atoms with Crippen molar-refractivity contribution in [1.29, 1.82) is 5.26 Å². The Labute approximate surface area is 108 Å². The van der Waals surface area contributed by atoms with Crippen LogP contribution in [0.1, 0.15) is 32.4 Å². The number of hydrogen-bond donors (Lipinski definition) is 0. The van der Waals surface area contributed by atoms with Gasteiger partial charge in [0, 0.05) is 25.9 Å². The van der Waals surface area contributed by atoms with Gasteiger partial charge in [0.15, 0.2) is 0 Å². The van der Waals surface area contributed by atoms with Crippen molar-refractivity contribution in [3.05, 3.63) is 24.2 Å². The van der Waals surface area contributed by atoms with Crippen LogP contribution in [0.25, 0.3) is 0 Å². The van der Waals surface area contributed by atoms with Crippen LogP contribution in [0.2, 0.25) is 0 Å². The van der Waals surface area contributed by atoms with E-state index in [0.29, 0.717) is 38.3 Å². The molecule has 0 aliphatic carbocycles. The predicted molar refractivity (Wildman–Crippen MR) is 68.7 cm³/mol. The Kier molecular flexibility index (Phi) is 5.99. The minimum Gasteiger partial charge on any atom is -0.469 e. The number of aryl methyl sites for hydroxylation is 1. The normalized spacial score (nSPS) is 10.3. The van der Waals surface area contributed by atoms with Gasteiger partial charge in [-0.3, -0.25) is 4.79 Å². The van der Waals surface area contributed by atoms with Crippen molar-refractivity contribution in [3.63, 3.8) is 0 Å². The first-order valence-corrected chi connectivity index (χ1v) is 6.30. The number of nitrogens with zero attached hydrogens (tertiary/aromatic N) is 2. The third-order valence-electron chi connectivity index (χ3n) is 2.60. The Bertz CT molecular complexity index is 390. The largest absolute Gasteiger partial charge is 0.469 e. The fraction of sp³-hybridized carbons (Fsp3) is 0.571. The molecule has 0 atom stereocenters. The Balaban J connectivity index is 2.45. The van der Waals surface area contributed by atoms with Crippen molar-refractivity contribution < 1.29 is 9.21 Å². The highest BCUT2D eigenvalue weighted by Gasteiger charge is 2.14. The van der Waals surface area contributed by atoms with Gasteiger partial charge in [-0.25, -0.2) is 0 Å². The van der Waals surface area contributed by atoms with E-state index in [0.717, 1.165) is 5.76 Å². The van der Waals surface area contributed by atoms with Gasteiger partial charge in [0.05, 0.1) is 18.8 Å². The van der Waals surface area contributed by atoms with E-state index >= 15 is 0 Å². The maximum Gasteiger partial charge on any atom is 0.223 e. The summed E-state index contributed by atoms with van der Waals surface area (Å²) < 4.78 is 5.20. The van der Waals surface area contributed by atoms with Crippen molar-refractivity contribution >= 4 is 5.91 Å². The summed E-state index contributed by atoms with van der Waals surface area (Å²) in [5.41, 5.74) is 0. The summed E-state index contributed by atoms with van der Waals surface area (Å²) in [5, 5.41) is 8.61. The maximum atomic E-state index is 12.1. The van der Waals surface area contributed by atoms with Crippen molar-refractivity contribution in [2.45, 2.75) is 33.1 Å². The van der Waals surface area contributed by atoms with Crippen LogP contribution in [0.4, 0.5) is 0 Å². The molecule has 98 valence electrons. The molecule has 0 aromatic carbocycles. The van der Waals surface area contributed by atoms with E-state index in [4.69, 9.17) is 9.68 Å². The second-order valence-corrected chi connectivity index (χ2v) is 4.72.